The van der Waals surface area contributed by atoms with Crippen LogP contribution < -0.4 is 0 Å². The van der Waals surface area contributed by atoms with Gasteiger partial charge in [-0.25, -0.2) is 0 Å². The fraction of sp³-hybridized carbons (Fsp3) is 0.0952. The molecule has 0 amide bonds. The number of para-hydroxylation sites is 3. The molecule has 2 aliphatic rings. The molecule has 0 bridgehead atoms. The summed E-state index contributed by atoms with van der Waals surface area (Å²) in [6, 6.07) is 36.2. The highest BCUT2D eigenvalue weighted by molar-refractivity contribution is 6.33. The van der Waals surface area contributed by atoms with Crippen LogP contribution >= 0.6 is 0 Å². The molecule has 45 heavy (non-hydrogen) atoms. The highest BCUT2D eigenvalue weighted by atomic mass is 15.0. The molecule has 0 unspecified atom stereocenters. The molecule has 3 heteroatoms. The van der Waals surface area contributed by atoms with Crippen molar-refractivity contribution in [3.8, 4) is 5.69 Å². The predicted molar refractivity (Wildman–Crippen MR) is 191 cm³/mol. The van der Waals surface area contributed by atoms with Crippen molar-refractivity contribution in [3.05, 3.63) is 133 Å². The van der Waals surface area contributed by atoms with E-state index in [1.165, 1.54) is 93.4 Å². The van der Waals surface area contributed by atoms with Crippen LogP contribution in [0, 0.1) is 0 Å². The Hall–Kier alpha value is -5.54. The molecule has 5 aromatic carbocycles. The van der Waals surface area contributed by atoms with Gasteiger partial charge in [0, 0.05) is 60.3 Å². The number of allylic oxidation sites excluding steroid dienone is 5. The van der Waals surface area contributed by atoms with Crippen molar-refractivity contribution in [2.75, 3.05) is 0 Å². The SMILES string of the molecule is C1=CCCC(n2c3c(c4ccc5c(c6cccc7c8c9c(ccc8n5c67)c5ccccc5n9-c5ccccc5)c42)C=CCC3)=C1. The molecule has 4 heterocycles. The summed E-state index contributed by atoms with van der Waals surface area (Å²) in [5.41, 5.74) is 13.3. The van der Waals surface area contributed by atoms with Crippen LogP contribution in [0.15, 0.2) is 121 Å². The Morgan fingerprint density at radius 3 is 2.00 bits per heavy atom. The summed E-state index contributed by atoms with van der Waals surface area (Å²) in [6.45, 7) is 0. The van der Waals surface area contributed by atoms with Gasteiger partial charge in [-0.1, -0.05) is 91.0 Å². The van der Waals surface area contributed by atoms with Gasteiger partial charge < -0.3 is 13.5 Å². The van der Waals surface area contributed by atoms with Gasteiger partial charge in [-0.3, -0.25) is 0 Å². The number of fused-ring (bicyclic) bond motifs is 14. The third kappa shape index (κ3) is 2.91. The summed E-state index contributed by atoms with van der Waals surface area (Å²) in [5.74, 6) is 0. The van der Waals surface area contributed by atoms with E-state index in [9.17, 15) is 0 Å². The predicted octanol–water partition coefficient (Wildman–Crippen LogP) is 11.0. The van der Waals surface area contributed by atoms with Crippen molar-refractivity contribution in [2.45, 2.75) is 25.7 Å². The fourth-order valence-corrected chi connectivity index (χ4v) is 8.74. The van der Waals surface area contributed by atoms with Crippen molar-refractivity contribution in [2.24, 2.45) is 0 Å². The second-order valence-corrected chi connectivity index (χ2v) is 12.7. The van der Waals surface area contributed by atoms with Crippen LogP contribution in [-0.2, 0) is 6.42 Å². The monoisotopic (exact) mass is 575 g/mol. The van der Waals surface area contributed by atoms with Crippen molar-refractivity contribution in [1.82, 2.24) is 13.5 Å². The standard InChI is InChI=1S/C42H29N3/c1-3-12-26(13-4-1)43-34-20-9-7-16-28(34)30-22-24-36-38(41(30)43)32-18-11-19-33-39-37(45(36)40(32)33)25-23-31-29-17-8-10-21-35(29)44(42(31)39)27-14-5-2-6-15-27/h1-5,7-9,11-14,16-20,22-25H,6,10,15,21H2. The lowest BCUT2D eigenvalue weighted by Crippen LogP contribution is -2.06. The van der Waals surface area contributed by atoms with Crippen LogP contribution in [0.4, 0.5) is 0 Å². The molecule has 0 atom stereocenters. The van der Waals surface area contributed by atoms with Crippen molar-refractivity contribution in [1.29, 1.82) is 0 Å². The first-order valence-corrected chi connectivity index (χ1v) is 16.2. The van der Waals surface area contributed by atoms with Gasteiger partial charge in [0.2, 0.25) is 0 Å². The summed E-state index contributed by atoms with van der Waals surface area (Å²) < 4.78 is 7.67. The quantitative estimate of drug-likeness (QED) is 0.195. The van der Waals surface area contributed by atoms with Gasteiger partial charge >= 0.3 is 0 Å². The molecule has 0 N–H and O–H groups in total. The van der Waals surface area contributed by atoms with Crippen LogP contribution in [0.3, 0.4) is 0 Å². The molecule has 0 saturated carbocycles. The van der Waals surface area contributed by atoms with Crippen molar-refractivity contribution in [3.63, 3.8) is 0 Å². The fourth-order valence-electron chi connectivity index (χ4n) is 8.74. The molecule has 0 radical (unpaired) electrons. The van der Waals surface area contributed by atoms with E-state index < -0.39 is 0 Å². The van der Waals surface area contributed by atoms with E-state index in [0.717, 1.165) is 25.7 Å². The van der Waals surface area contributed by atoms with Gasteiger partial charge in [-0.05, 0) is 62.1 Å². The number of hydrogen-bond acceptors (Lipinski definition) is 0. The van der Waals surface area contributed by atoms with Gasteiger partial charge in [0.25, 0.3) is 0 Å². The summed E-state index contributed by atoms with van der Waals surface area (Å²) in [4.78, 5) is 0. The number of benzene rings is 5. The van der Waals surface area contributed by atoms with Gasteiger partial charge in [-0.2, -0.15) is 0 Å². The molecule has 11 rings (SSSR count). The third-order valence-electron chi connectivity index (χ3n) is 10.5. The first-order valence-electron chi connectivity index (χ1n) is 16.2. The highest BCUT2D eigenvalue weighted by Crippen LogP contribution is 2.47. The van der Waals surface area contributed by atoms with Crippen LogP contribution in [0.2, 0.25) is 0 Å². The lowest BCUT2D eigenvalue weighted by Gasteiger charge is -2.18. The largest absolute Gasteiger partial charge is 0.316 e. The smallest absolute Gasteiger partial charge is 0.0641 e. The number of aromatic nitrogens is 3. The lowest BCUT2D eigenvalue weighted by molar-refractivity contribution is 0.864. The van der Waals surface area contributed by atoms with E-state index in [1.54, 1.807) is 0 Å². The van der Waals surface area contributed by atoms with E-state index >= 15 is 0 Å². The van der Waals surface area contributed by atoms with E-state index in [4.69, 9.17) is 0 Å². The summed E-state index contributed by atoms with van der Waals surface area (Å²) in [6.07, 6.45) is 15.9. The first-order chi connectivity index (χ1) is 22.4. The third-order valence-corrected chi connectivity index (χ3v) is 10.5. The average molecular weight is 576 g/mol. The molecule has 212 valence electrons. The molecule has 3 nitrogen and oxygen atoms in total. The van der Waals surface area contributed by atoms with Gasteiger partial charge in [-0.15, -0.1) is 0 Å². The van der Waals surface area contributed by atoms with Crippen molar-refractivity contribution >= 4 is 82.6 Å². The number of nitrogens with zero attached hydrogens (tertiary/aromatic N) is 3. The molecule has 0 aliphatic heterocycles. The maximum absolute atomic E-state index is 2.63. The zero-order chi connectivity index (χ0) is 29.2. The molecule has 0 fully saturated rings. The normalized spacial score (nSPS) is 15.2. The topological polar surface area (TPSA) is 14.3 Å². The van der Waals surface area contributed by atoms with Crippen LogP contribution in [-0.4, -0.2) is 13.5 Å². The van der Waals surface area contributed by atoms with Gasteiger partial charge in [0.1, 0.15) is 0 Å². The Kier molecular flexibility index (Phi) is 4.53. The summed E-state index contributed by atoms with van der Waals surface area (Å²) >= 11 is 0. The molecule has 2 aliphatic carbocycles. The molecule has 9 aromatic rings. The maximum atomic E-state index is 2.63. The van der Waals surface area contributed by atoms with Gasteiger partial charge in [0.15, 0.2) is 0 Å². The zero-order valence-electron chi connectivity index (χ0n) is 24.8. The van der Waals surface area contributed by atoms with E-state index in [0.29, 0.717) is 0 Å². The molecule has 4 aromatic heterocycles. The number of hydrogen-bond donors (Lipinski definition) is 0. The second kappa shape index (κ2) is 8.55. The minimum Gasteiger partial charge on any atom is -0.316 e. The highest BCUT2D eigenvalue weighted by Gasteiger charge is 2.27. The number of rotatable bonds is 2. The van der Waals surface area contributed by atoms with E-state index in [-0.39, 0.29) is 0 Å². The van der Waals surface area contributed by atoms with Crippen LogP contribution in [0.25, 0.3) is 88.3 Å². The zero-order valence-corrected chi connectivity index (χ0v) is 24.8. The summed E-state index contributed by atoms with van der Waals surface area (Å²) in [7, 11) is 0. The molecular formula is C42H29N3. The van der Waals surface area contributed by atoms with Crippen LogP contribution in [0.5, 0.6) is 0 Å². The Balaban J connectivity index is 1.36. The minimum atomic E-state index is 1.07. The summed E-state index contributed by atoms with van der Waals surface area (Å²) in [5, 5.41) is 9.32. The molecule has 0 spiro atoms. The Morgan fingerprint density at radius 2 is 1.20 bits per heavy atom. The molecular weight excluding hydrogens is 546 g/mol. The molecule has 0 saturated heterocycles. The lowest BCUT2D eigenvalue weighted by atomic mass is 10.0. The minimum absolute atomic E-state index is 1.07. The van der Waals surface area contributed by atoms with E-state index in [1.807, 2.05) is 0 Å². The average Bonchev–Trinajstić information content (AvgIpc) is 3.83. The second-order valence-electron chi connectivity index (χ2n) is 12.7. The Morgan fingerprint density at radius 1 is 0.489 bits per heavy atom. The maximum Gasteiger partial charge on any atom is 0.0641 e. The Bertz CT molecular complexity index is 2790. The van der Waals surface area contributed by atoms with Crippen LogP contribution in [0.1, 0.15) is 30.5 Å². The first kappa shape index (κ1) is 23.9. The van der Waals surface area contributed by atoms with E-state index in [2.05, 4.69) is 141 Å². The van der Waals surface area contributed by atoms with Crippen molar-refractivity contribution < 1.29 is 0 Å². The van der Waals surface area contributed by atoms with Gasteiger partial charge in [0.05, 0.1) is 33.1 Å². The Labute approximate surface area is 259 Å².